The molecule has 0 aromatic heterocycles. The van der Waals surface area contributed by atoms with Crippen LogP contribution in [0.5, 0.6) is 0 Å². The van der Waals surface area contributed by atoms with E-state index in [0.29, 0.717) is 25.7 Å². The minimum atomic E-state index is -2.69. The highest BCUT2D eigenvalue weighted by Crippen LogP contribution is 2.35. The molecule has 0 radical (unpaired) electrons. The van der Waals surface area contributed by atoms with Crippen LogP contribution in [0.4, 0.5) is 0 Å². The minimum Gasteiger partial charge on any atom is -0.346 e. The van der Waals surface area contributed by atoms with E-state index in [4.69, 9.17) is 0 Å². The fraction of sp³-hybridized carbons (Fsp3) is 0.333. The fourth-order valence-electron chi connectivity index (χ4n) is 2.83. The van der Waals surface area contributed by atoms with Gasteiger partial charge >= 0.3 is 0 Å². The van der Waals surface area contributed by atoms with Gasteiger partial charge in [0.25, 0.3) is 0 Å². The summed E-state index contributed by atoms with van der Waals surface area (Å²) in [5.41, 5.74) is 1.34. The first-order chi connectivity index (χ1) is 11.6. The predicted octanol–water partition coefficient (Wildman–Crippen LogP) is 3.92. The number of benzene rings is 2. The average molecular weight is 366 g/mol. The molecule has 0 fully saturated rings. The van der Waals surface area contributed by atoms with Crippen LogP contribution in [0.2, 0.25) is 0 Å². The van der Waals surface area contributed by atoms with Crippen molar-refractivity contribution < 1.29 is 18.9 Å². The Kier molecular flexibility index (Phi) is 7.94. The molecule has 4 nitrogen and oxygen atoms in total. The maximum absolute atomic E-state index is 11.7. The lowest BCUT2D eigenvalue weighted by atomic mass is 10.0. The summed E-state index contributed by atoms with van der Waals surface area (Å²) >= 11 is 0. The van der Waals surface area contributed by atoms with E-state index in [9.17, 15) is 18.9 Å². The van der Waals surface area contributed by atoms with Gasteiger partial charge in [0.2, 0.25) is 0 Å². The van der Waals surface area contributed by atoms with Crippen LogP contribution >= 0.6 is 16.1 Å². The predicted molar refractivity (Wildman–Crippen MR) is 99.5 cm³/mol. The summed E-state index contributed by atoms with van der Waals surface area (Å²) in [6.45, 7) is 0. The van der Waals surface area contributed by atoms with Crippen molar-refractivity contribution in [2.24, 2.45) is 0 Å². The lowest BCUT2D eigenvalue weighted by Crippen LogP contribution is -2.13. The second kappa shape index (κ2) is 9.96. The van der Waals surface area contributed by atoms with E-state index in [-0.39, 0.29) is 11.3 Å². The van der Waals surface area contributed by atoms with Crippen LogP contribution < -0.4 is 0 Å². The van der Waals surface area contributed by atoms with Crippen molar-refractivity contribution in [3.05, 3.63) is 71.8 Å². The molecular weight excluding hydrogens is 342 g/mol. The third-order valence-corrected chi connectivity index (χ3v) is 6.59. The highest BCUT2D eigenvalue weighted by Gasteiger charge is 2.21. The van der Waals surface area contributed by atoms with E-state index in [1.165, 1.54) is 0 Å². The van der Waals surface area contributed by atoms with Crippen LogP contribution in [0, 0.1) is 0 Å². The van der Waals surface area contributed by atoms with Gasteiger partial charge in [0.05, 0.1) is 0 Å². The lowest BCUT2D eigenvalue weighted by Gasteiger charge is -2.18. The molecular formula is C18H24O4P2. The largest absolute Gasteiger partial charge is 0.346 e. The second-order valence-corrected chi connectivity index (χ2v) is 9.01. The summed E-state index contributed by atoms with van der Waals surface area (Å²) < 4.78 is 23.4. The Morgan fingerprint density at radius 2 is 1.00 bits per heavy atom. The standard InChI is InChI=1S/C18H24O4P2/c19-23(20)17(13-15-7-3-1-4-8-15)11-12-18(24(21)22)14-16-9-5-2-6-10-16/h1-10,17-18,23-24H,11-14H2,(H,19,20)(H,21,22). The Bertz CT molecular complexity index is 602. The fourth-order valence-corrected chi connectivity index (χ4v) is 4.47. The average Bonchev–Trinajstić information content (AvgIpc) is 2.58. The first-order valence-electron chi connectivity index (χ1n) is 8.09. The SMILES string of the molecule is O=[PH](O)C(CCC(Cc1ccccc1)[PH](=O)O)Cc1ccccc1. The molecule has 2 aromatic carbocycles. The van der Waals surface area contributed by atoms with Crippen LogP contribution in [-0.4, -0.2) is 21.1 Å². The van der Waals surface area contributed by atoms with E-state index in [1.54, 1.807) is 0 Å². The maximum atomic E-state index is 11.7. The van der Waals surface area contributed by atoms with Crippen molar-refractivity contribution in [3.8, 4) is 0 Å². The molecule has 0 spiro atoms. The Morgan fingerprint density at radius 3 is 1.29 bits per heavy atom. The summed E-state index contributed by atoms with van der Waals surface area (Å²) in [7, 11) is -5.37. The van der Waals surface area contributed by atoms with Crippen molar-refractivity contribution in [3.63, 3.8) is 0 Å². The van der Waals surface area contributed by atoms with Crippen LogP contribution in [0.15, 0.2) is 60.7 Å². The maximum Gasteiger partial charge on any atom is 0.192 e. The van der Waals surface area contributed by atoms with E-state index in [2.05, 4.69) is 0 Å². The molecule has 0 aliphatic rings. The van der Waals surface area contributed by atoms with E-state index in [1.807, 2.05) is 60.7 Å². The summed E-state index contributed by atoms with van der Waals surface area (Å²) in [4.78, 5) is 19.3. The molecule has 0 saturated carbocycles. The first-order valence-corrected chi connectivity index (χ1v) is 11.0. The Morgan fingerprint density at radius 1 is 0.667 bits per heavy atom. The number of hydrogen-bond donors (Lipinski definition) is 2. The summed E-state index contributed by atoms with van der Waals surface area (Å²) in [5, 5.41) is 0. The van der Waals surface area contributed by atoms with Gasteiger partial charge in [-0.1, -0.05) is 60.7 Å². The van der Waals surface area contributed by atoms with Crippen molar-refractivity contribution in [1.82, 2.24) is 0 Å². The minimum absolute atomic E-state index is 0.350. The molecule has 2 aromatic rings. The Hall–Kier alpha value is -1.18. The summed E-state index contributed by atoms with van der Waals surface area (Å²) in [6.07, 6.45) is 2.02. The normalized spacial score (nSPS) is 16.2. The van der Waals surface area contributed by atoms with Crippen molar-refractivity contribution in [1.29, 1.82) is 0 Å². The molecule has 24 heavy (non-hydrogen) atoms. The van der Waals surface area contributed by atoms with Crippen LogP contribution in [-0.2, 0) is 22.0 Å². The van der Waals surface area contributed by atoms with E-state index >= 15 is 0 Å². The third-order valence-electron chi connectivity index (χ3n) is 4.21. The Labute approximate surface area is 144 Å². The molecule has 0 aliphatic carbocycles. The van der Waals surface area contributed by atoms with E-state index < -0.39 is 16.1 Å². The molecule has 0 bridgehead atoms. The van der Waals surface area contributed by atoms with Crippen LogP contribution in [0.25, 0.3) is 0 Å². The van der Waals surface area contributed by atoms with Gasteiger partial charge in [-0.2, -0.15) is 0 Å². The zero-order valence-electron chi connectivity index (χ0n) is 13.5. The summed E-state index contributed by atoms with van der Waals surface area (Å²) in [6, 6.07) is 19.2. The molecule has 0 saturated heterocycles. The van der Waals surface area contributed by atoms with Gasteiger partial charge in [-0.3, -0.25) is 9.13 Å². The van der Waals surface area contributed by atoms with Gasteiger partial charge in [-0.15, -0.1) is 0 Å². The third kappa shape index (κ3) is 6.37. The van der Waals surface area contributed by atoms with Crippen molar-refractivity contribution in [2.75, 3.05) is 0 Å². The highest BCUT2D eigenvalue weighted by molar-refractivity contribution is 7.39. The van der Waals surface area contributed by atoms with Crippen LogP contribution in [0.3, 0.4) is 0 Å². The van der Waals surface area contributed by atoms with Crippen molar-refractivity contribution in [2.45, 2.75) is 37.0 Å². The number of rotatable bonds is 9. The van der Waals surface area contributed by atoms with Gasteiger partial charge in [-0.25, -0.2) is 0 Å². The molecule has 4 unspecified atom stereocenters. The van der Waals surface area contributed by atoms with E-state index in [0.717, 1.165) is 11.1 Å². The van der Waals surface area contributed by atoms with Crippen LogP contribution in [0.1, 0.15) is 24.0 Å². The molecule has 0 aliphatic heterocycles. The van der Waals surface area contributed by atoms with Crippen molar-refractivity contribution >= 4 is 16.1 Å². The smallest absolute Gasteiger partial charge is 0.192 e. The van der Waals surface area contributed by atoms with Gasteiger partial charge in [0, 0.05) is 11.3 Å². The summed E-state index contributed by atoms with van der Waals surface area (Å²) in [5.74, 6) is 0. The molecule has 6 heteroatoms. The zero-order chi connectivity index (χ0) is 17.4. The Balaban J connectivity index is 1.97. The molecule has 2 rings (SSSR count). The second-order valence-electron chi connectivity index (χ2n) is 6.03. The molecule has 0 heterocycles. The molecule has 0 amide bonds. The molecule has 130 valence electrons. The van der Waals surface area contributed by atoms with Gasteiger partial charge in [0.1, 0.15) is 0 Å². The quantitative estimate of drug-likeness (QED) is 0.660. The molecule has 4 atom stereocenters. The molecule has 2 N–H and O–H groups in total. The van der Waals surface area contributed by atoms with Gasteiger partial charge in [-0.05, 0) is 36.8 Å². The highest BCUT2D eigenvalue weighted by atomic mass is 31.1. The van der Waals surface area contributed by atoms with Gasteiger partial charge in [0.15, 0.2) is 16.1 Å². The van der Waals surface area contributed by atoms with Gasteiger partial charge < -0.3 is 9.79 Å². The lowest BCUT2D eigenvalue weighted by molar-refractivity contribution is 0.463. The monoisotopic (exact) mass is 366 g/mol. The number of hydrogen-bond acceptors (Lipinski definition) is 2. The topological polar surface area (TPSA) is 74.6 Å². The zero-order valence-corrected chi connectivity index (χ0v) is 15.5. The first kappa shape index (κ1) is 19.1.